The van der Waals surface area contributed by atoms with Gasteiger partial charge in [-0.1, -0.05) is 29.8 Å². The average molecular weight is 319 g/mol. The molecule has 1 atom stereocenters. The molecule has 0 aliphatic carbocycles. The van der Waals surface area contributed by atoms with Gasteiger partial charge in [-0.3, -0.25) is 0 Å². The van der Waals surface area contributed by atoms with Crippen molar-refractivity contribution in [1.29, 1.82) is 0 Å². The number of nitrogens with one attached hydrogen (secondary N) is 1. The fraction of sp³-hybridized carbons (Fsp3) is 0.353. The third-order valence-corrected chi connectivity index (χ3v) is 5.20. The summed E-state index contributed by atoms with van der Waals surface area (Å²) in [5.41, 5.74) is 2.23. The minimum absolute atomic E-state index is 0.652. The van der Waals surface area contributed by atoms with E-state index in [1.165, 1.54) is 17.7 Å². The van der Waals surface area contributed by atoms with Crippen LogP contribution in [0.25, 0.3) is 16.6 Å². The fourth-order valence-corrected chi connectivity index (χ4v) is 3.66. The highest BCUT2D eigenvalue weighted by molar-refractivity contribution is 7.16. The maximum Gasteiger partial charge on any atom is 0.124 e. The lowest BCUT2D eigenvalue weighted by atomic mass is 9.99. The van der Waals surface area contributed by atoms with Crippen LogP contribution in [0.1, 0.15) is 23.4 Å². The van der Waals surface area contributed by atoms with E-state index in [0.717, 1.165) is 34.4 Å². The van der Waals surface area contributed by atoms with Gasteiger partial charge in [-0.15, -0.1) is 11.3 Å². The average Bonchev–Trinajstić information content (AvgIpc) is 2.88. The third-order valence-electron chi connectivity index (χ3n) is 3.78. The van der Waals surface area contributed by atoms with Gasteiger partial charge >= 0.3 is 0 Å². The number of benzene rings is 1. The lowest BCUT2D eigenvalue weighted by Crippen LogP contribution is -2.28. The van der Waals surface area contributed by atoms with Crippen molar-refractivity contribution in [3.63, 3.8) is 0 Å². The van der Waals surface area contributed by atoms with Gasteiger partial charge in [-0.25, -0.2) is 4.98 Å². The Morgan fingerprint density at radius 3 is 2.86 bits per heavy atom. The predicted octanol–water partition coefficient (Wildman–Crippen LogP) is 4.78. The topological polar surface area (TPSA) is 24.9 Å². The summed E-state index contributed by atoms with van der Waals surface area (Å²) in [6.07, 6.45) is 7.13. The molecule has 1 saturated heterocycles. The molecular formula is C17H19ClN2S. The number of aromatic nitrogens is 1. The second-order valence-corrected chi connectivity index (χ2v) is 6.91. The second kappa shape index (κ2) is 6.73. The zero-order chi connectivity index (χ0) is 14.7. The van der Waals surface area contributed by atoms with E-state index in [9.17, 15) is 0 Å². The van der Waals surface area contributed by atoms with Crippen molar-refractivity contribution in [1.82, 2.24) is 10.3 Å². The molecule has 0 amide bonds. The Bertz CT molecular complexity index is 625. The van der Waals surface area contributed by atoms with Crippen LogP contribution in [-0.4, -0.2) is 18.1 Å². The van der Waals surface area contributed by atoms with Crippen LogP contribution in [0.2, 0.25) is 5.02 Å². The first-order chi connectivity index (χ1) is 10.2. The molecule has 0 radical (unpaired) electrons. The lowest BCUT2D eigenvalue weighted by molar-refractivity contribution is 0.439. The van der Waals surface area contributed by atoms with Crippen LogP contribution in [0.3, 0.4) is 0 Å². The molecule has 1 aromatic carbocycles. The van der Waals surface area contributed by atoms with Gasteiger partial charge in [0.2, 0.25) is 0 Å². The van der Waals surface area contributed by atoms with Crippen molar-refractivity contribution in [3.8, 4) is 10.6 Å². The number of rotatable bonds is 3. The highest BCUT2D eigenvalue weighted by Crippen LogP contribution is 2.30. The summed E-state index contributed by atoms with van der Waals surface area (Å²) in [6, 6.07) is 7.88. The van der Waals surface area contributed by atoms with Crippen molar-refractivity contribution < 1.29 is 0 Å². The van der Waals surface area contributed by atoms with Gasteiger partial charge in [0.25, 0.3) is 0 Å². The van der Waals surface area contributed by atoms with Crippen molar-refractivity contribution in [2.75, 3.05) is 13.1 Å². The number of thiazole rings is 1. The van der Waals surface area contributed by atoms with Crippen molar-refractivity contribution >= 4 is 29.0 Å². The first kappa shape index (κ1) is 14.8. The largest absolute Gasteiger partial charge is 0.316 e. The van der Waals surface area contributed by atoms with Gasteiger partial charge in [0.15, 0.2) is 0 Å². The molecule has 3 rings (SSSR count). The van der Waals surface area contributed by atoms with Crippen LogP contribution in [0.5, 0.6) is 0 Å². The van der Waals surface area contributed by atoms with E-state index < -0.39 is 0 Å². The summed E-state index contributed by atoms with van der Waals surface area (Å²) in [6.45, 7) is 4.33. The Morgan fingerprint density at radius 1 is 1.33 bits per heavy atom. The summed E-state index contributed by atoms with van der Waals surface area (Å²) in [5.74, 6) is 0.652. The molecule has 1 unspecified atom stereocenters. The van der Waals surface area contributed by atoms with E-state index >= 15 is 0 Å². The van der Waals surface area contributed by atoms with E-state index in [2.05, 4.69) is 29.4 Å². The Hall–Kier alpha value is -1.16. The van der Waals surface area contributed by atoms with Crippen LogP contribution in [0.4, 0.5) is 0 Å². The van der Waals surface area contributed by atoms with Gasteiger partial charge in [-0.2, -0.15) is 0 Å². The van der Waals surface area contributed by atoms with E-state index in [1.54, 1.807) is 11.3 Å². The molecule has 1 fully saturated rings. The second-order valence-electron chi connectivity index (χ2n) is 5.44. The zero-order valence-corrected chi connectivity index (χ0v) is 13.7. The molecule has 4 heteroatoms. The lowest BCUT2D eigenvalue weighted by Gasteiger charge is -2.19. The first-order valence-electron chi connectivity index (χ1n) is 7.34. The molecule has 1 aromatic heterocycles. The van der Waals surface area contributed by atoms with Gasteiger partial charge in [0.05, 0.1) is 10.6 Å². The standard InChI is InChI=1S/C17H19ClN2S/c1-12-16(9-4-13-3-2-10-19-11-13)21-17(20-12)14-5-7-15(18)8-6-14/h4-9,13,19H,2-3,10-11H2,1H3/b9-4+. The van der Waals surface area contributed by atoms with Crippen LogP contribution < -0.4 is 5.32 Å². The van der Waals surface area contributed by atoms with Gasteiger partial charge in [0.1, 0.15) is 5.01 Å². The van der Waals surface area contributed by atoms with Crippen molar-refractivity contribution in [3.05, 3.63) is 45.9 Å². The molecule has 2 heterocycles. The van der Waals surface area contributed by atoms with Crippen molar-refractivity contribution in [2.24, 2.45) is 5.92 Å². The summed E-state index contributed by atoms with van der Waals surface area (Å²) in [4.78, 5) is 5.94. The highest BCUT2D eigenvalue weighted by atomic mass is 35.5. The summed E-state index contributed by atoms with van der Waals surface area (Å²) in [7, 11) is 0. The molecule has 1 aliphatic rings. The number of hydrogen-bond donors (Lipinski definition) is 1. The monoisotopic (exact) mass is 318 g/mol. The third kappa shape index (κ3) is 3.73. The van der Waals surface area contributed by atoms with Crippen LogP contribution >= 0.6 is 22.9 Å². The molecular weight excluding hydrogens is 300 g/mol. The van der Waals surface area contributed by atoms with E-state index in [4.69, 9.17) is 11.6 Å². The van der Waals surface area contributed by atoms with E-state index in [1.807, 2.05) is 24.3 Å². The van der Waals surface area contributed by atoms with E-state index in [0.29, 0.717) is 5.92 Å². The number of aryl methyl sites for hydroxylation is 1. The fourth-order valence-electron chi connectivity index (χ4n) is 2.55. The predicted molar refractivity (Wildman–Crippen MR) is 91.9 cm³/mol. The quantitative estimate of drug-likeness (QED) is 0.880. The molecule has 2 nitrogen and oxygen atoms in total. The minimum atomic E-state index is 0.652. The van der Waals surface area contributed by atoms with Gasteiger partial charge < -0.3 is 5.32 Å². The van der Waals surface area contributed by atoms with Crippen molar-refractivity contribution in [2.45, 2.75) is 19.8 Å². The Morgan fingerprint density at radius 2 is 2.14 bits per heavy atom. The Balaban J connectivity index is 1.77. The molecule has 0 bridgehead atoms. The summed E-state index contributed by atoms with van der Waals surface area (Å²) in [5, 5.41) is 5.27. The molecule has 0 saturated carbocycles. The highest BCUT2D eigenvalue weighted by Gasteiger charge is 2.11. The Kier molecular flexibility index (Phi) is 4.73. The first-order valence-corrected chi connectivity index (χ1v) is 8.54. The number of hydrogen-bond acceptors (Lipinski definition) is 3. The zero-order valence-electron chi connectivity index (χ0n) is 12.1. The molecule has 2 aromatic rings. The molecule has 1 N–H and O–H groups in total. The minimum Gasteiger partial charge on any atom is -0.316 e. The normalized spacial score (nSPS) is 19.2. The molecule has 1 aliphatic heterocycles. The van der Waals surface area contributed by atoms with Crippen LogP contribution in [-0.2, 0) is 0 Å². The molecule has 110 valence electrons. The van der Waals surface area contributed by atoms with Gasteiger partial charge in [0, 0.05) is 17.1 Å². The maximum absolute atomic E-state index is 5.94. The van der Waals surface area contributed by atoms with Crippen LogP contribution in [0.15, 0.2) is 30.3 Å². The maximum atomic E-state index is 5.94. The van der Waals surface area contributed by atoms with Gasteiger partial charge in [-0.05, 0) is 50.4 Å². The number of nitrogens with zero attached hydrogens (tertiary/aromatic N) is 1. The van der Waals surface area contributed by atoms with Crippen LogP contribution in [0, 0.1) is 12.8 Å². The molecule has 21 heavy (non-hydrogen) atoms. The SMILES string of the molecule is Cc1nc(-c2ccc(Cl)cc2)sc1/C=C/C1CCCNC1. The smallest absolute Gasteiger partial charge is 0.124 e. The van der Waals surface area contributed by atoms with E-state index in [-0.39, 0.29) is 0 Å². The summed E-state index contributed by atoms with van der Waals surface area (Å²) >= 11 is 7.68. The number of halogens is 1. The number of piperidine rings is 1. The molecule has 0 spiro atoms. The Labute approximate surface area is 134 Å². The summed E-state index contributed by atoms with van der Waals surface area (Å²) < 4.78 is 0.